The molecule has 0 aliphatic rings. The summed E-state index contributed by atoms with van der Waals surface area (Å²) in [6.07, 6.45) is 1.62. The van der Waals surface area contributed by atoms with Crippen molar-refractivity contribution in [2.75, 3.05) is 6.54 Å². The van der Waals surface area contributed by atoms with Crippen molar-refractivity contribution in [3.8, 4) is 0 Å². The molecule has 0 bridgehead atoms. The third kappa shape index (κ3) is 3.22. The number of hydrogen-bond acceptors (Lipinski definition) is 4. The van der Waals surface area contributed by atoms with Gasteiger partial charge in [-0.2, -0.15) is 11.3 Å². The van der Waals surface area contributed by atoms with Crippen LogP contribution in [0.15, 0.2) is 47.3 Å². The molecule has 6 heteroatoms. The van der Waals surface area contributed by atoms with Gasteiger partial charge in [0.25, 0.3) is 5.91 Å². The SMILES string of the molecule is CC(O)(CNC(=O)c1ccc(Cl)c2cccnc12)c1ccsc1. The van der Waals surface area contributed by atoms with Gasteiger partial charge in [-0.15, -0.1) is 0 Å². The van der Waals surface area contributed by atoms with E-state index in [0.717, 1.165) is 10.9 Å². The molecule has 1 amide bonds. The van der Waals surface area contributed by atoms with Gasteiger partial charge in [-0.1, -0.05) is 11.6 Å². The summed E-state index contributed by atoms with van der Waals surface area (Å²) >= 11 is 7.64. The first-order valence-corrected chi connectivity index (χ1v) is 8.37. The predicted molar refractivity (Wildman–Crippen MR) is 93.0 cm³/mol. The van der Waals surface area contributed by atoms with E-state index in [0.29, 0.717) is 16.1 Å². The van der Waals surface area contributed by atoms with Crippen molar-refractivity contribution >= 4 is 39.7 Å². The summed E-state index contributed by atoms with van der Waals surface area (Å²) in [5.41, 5.74) is 0.645. The highest BCUT2D eigenvalue weighted by molar-refractivity contribution is 7.08. The van der Waals surface area contributed by atoms with Crippen LogP contribution >= 0.6 is 22.9 Å². The molecule has 0 aliphatic heterocycles. The van der Waals surface area contributed by atoms with Crippen molar-refractivity contribution in [1.82, 2.24) is 10.3 Å². The van der Waals surface area contributed by atoms with E-state index in [1.54, 1.807) is 31.3 Å². The number of benzene rings is 1. The first kappa shape index (κ1) is 15.9. The molecule has 0 aliphatic carbocycles. The average molecular weight is 347 g/mol. The number of carbonyl (C=O) groups is 1. The zero-order valence-corrected chi connectivity index (χ0v) is 14.0. The zero-order valence-electron chi connectivity index (χ0n) is 12.4. The molecule has 0 saturated carbocycles. The molecule has 3 rings (SSSR count). The van der Waals surface area contributed by atoms with Crippen LogP contribution < -0.4 is 5.32 Å². The second kappa shape index (κ2) is 6.28. The number of fused-ring (bicyclic) bond motifs is 1. The summed E-state index contributed by atoms with van der Waals surface area (Å²) in [4.78, 5) is 16.7. The molecule has 118 valence electrons. The molecule has 0 fully saturated rings. The minimum Gasteiger partial charge on any atom is -0.384 e. The van der Waals surface area contributed by atoms with Crippen molar-refractivity contribution in [1.29, 1.82) is 0 Å². The zero-order chi connectivity index (χ0) is 16.4. The maximum atomic E-state index is 12.5. The van der Waals surface area contributed by atoms with Gasteiger partial charge in [0.15, 0.2) is 0 Å². The summed E-state index contributed by atoms with van der Waals surface area (Å²) in [5.74, 6) is -0.291. The van der Waals surface area contributed by atoms with Crippen molar-refractivity contribution in [3.05, 3.63) is 63.4 Å². The lowest BCUT2D eigenvalue weighted by Gasteiger charge is -2.23. The summed E-state index contributed by atoms with van der Waals surface area (Å²) in [7, 11) is 0. The number of carbonyl (C=O) groups excluding carboxylic acids is 1. The quantitative estimate of drug-likeness (QED) is 0.759. The van der Waals surface area contributed by atoms with Gasteiger partial charge in [0.05, 0.1) is 22.6 Å². The van der Waals surface area contributed by atoms with Crippen LogP contribution in [0.4, 0.5) is 0 Å². The first-order valence-electron chi connectivity index (χ1n) is 7.05. The van der Waals surface area contributed by atoms with Crippen LogP contribution in [0.1, 0.15) is 22.8 Å². The number of aromatic nitrogens is 1. The van der Waals surface area contributed by atoms with Gasteiger partial charge in [-0.3, -0.25) is 9.78 Å². The van der Waals surface area contributed by atoms with E-state index >= 15 is 0 Å². The Balaban J connectivity index is 1.83. The van der Waals surface area contributed by atoms with Gasteiger partial charge < -0.3 is 10.4 Å². The lowest BCUT2D eigenvalue weighted by Crippen LogP contribution is -2.38. The Morgan fingerprint density at radius 3 is 2.96 bits per heavy atom. The first-order chi connectivity index (χ1) is 11.0. The molecule has 4 nitrogen and oxygen atoms in total. The van der Waals surface area contributed by atoms with Crippen LogP contribution in [0.25, 0.3) is 10.9 Å². The van der Waals surface area contributed by atoms with Crippen LogP contribution in [0, 0.1) is 0 Å². The van der Waals surface area contributed by atoms with Gasteiger partial charge in [0, 0.05) is 11.6 Å². The number of hydrogen-bond donors (Lipinski definition) is 2. The van der Waals surface area contributed by atoms with Crippen molar-refractivity contribution in [2.24, 2.45) is 0 Å². The highest BCUT2D eigenvalue weighted by Gasteiger charge is 2.25. The minimum absolute atomic E-state index is 0.111. The van der Waals surface area contributed by atoms with Gasteiger partial charge in [-0.25, -0.2) is 0 Å². The van der Waals surface area contributed by atoms with Gasteiger partial charge in [0.1, 0.15) is 5.60 Å². The second-order valence-electron chi connectivity index (χ2n) is 5.46. The molecule has 1 unspecified atom stereocenters. The Labute approximate surface area is 142 Å². The van der Waals surface area contributed by atoms with Crippen LogP contribution in [0.3, 0.4) is 0 Å². The number of pyridine rings is 1. The summed E-state index contributed by atoms with van der Waals surface area (Å²) < 4.78 is 0. The van der Waals surface area contributed by atoms with Gasteiger partial charge in [0.2, 0.25) is 0 Å². The van der Waals surface area contributed by atoms with Crippen LogP contribution in [-0.2, 0) is 5.60 Å². The predicted octanol–water partition coefficient (Wildman–Crippen LogP) is 3.59. The van der Waals surface area contributed by atoms with E-state index in [-0.39, 0.29) is 12.5 Å². The maximum Gasteiger partial charge on any atom is 0.253 e. The van der Waals surface area contributed by atoms with E-state index in [1.807, 2.05) is 22.9 Å². The van der Waals surface area contributed by atoms with Gasteiger partial charge in [-0.05, 0) is 53.6 Å². The maximum absolute atomic E-state index is 12.5. The monoisotopic (exact) mass is 346 g/mol. The van der Waals surface area contributed by atoms with Crippen LogP contribution in [0.5, 0.6) is 0 Å². The number of aliphatic hydroxyl groups is 1. The Kier molecular flexibility index (Phi) is 4.35. The van der Waals surface area contributed by atoms with Crippen LogP contribution in [-0.4, -0.2) is 22.5 Å². The highest BCUT2D eigenvalue weighted by atomic mass is 35.5. The van der Waals surface area contributed by atoms with E-state index in [4.69, 9.17) is 11.6 Å². The molecule has 23 heavy (non-hydrogen) atoms. The number of nitrogens with one attached hydrogen (secondary N) is 1. The fourth-order valence-corrected chi connectivity index (χ4v) is 3.34. The Morgan fingerprint density at radius 2 is 2.22 bits per heavy atom. The average Bonchev–Trinajstić information content (AvgIpc) is 3.09. The largest absolute Gasteiger partial charge is 0.384 e. The Morgan fingerprint density at radius 1 is 1.39 bits per heavy atom. The fourth-order valence-electron chi connectivity index (χ4n) is 2.34. The summed E-state index contributed by atoms with van der Waals surface area (Å²) in [6.45, 7) is 1.78. The second-order valence-corrected chi connectivity index (χ2v) is 6.65. The fraction of sp³-hybridized carbons (Fsp3) is 0.176. The molecular weight excluding hydrogens is 332 g/mol. The summed E-state index contributed by atoms with van der Waals surface area (Å²) in [6, 6.07) is 8.76. The Bertz CT molecular complexity index is 847. The number of nitrogens with zero attached hydrogens (tertiary/aromatic N) is 1. The molecule has 1 aromatic carbocycles. The molecule has 0 saturated heterocycles. The third-order valence-corrected chi connectivity index (χ3v) is 4.71. The number of thiophene rings is 1. The lowest BCUT2D eigenvalue weighted by molar-refractivity contribution is 0.0530. The van der Waals surface area contributed by atoms with Gasteiger partial charge >= 0.3 is 0 Å². The van der Waals surface area contributed by atoms with E-state index < -0.39 is 5.60 Å². The van der Waals surface area contributed by atoms with Crippen molar-refractivity contribution in [2.45, 2.75) is 12.5 Å². The van der Waals surface area contributed by atoms with Crippen LogP contribution in [0.2, 0.25) is 5.02 Å². The van der Waals surface area contributed by atoms with E-state index in [2.05, 4.69) is 10.3 Å². The number of amides is 1. The molecule has 1 atom stereocenters. The molecule has 2 heterocycles. The summed E-state index contributed by atoms with van der Waals surface area (Å²) in [5, 5.41) is 18.3. The molecule has 0 spiro atoms. The topological polar surface area (TPSA) is 62.2 Å². The molecule has 3 aromatic rings. The Hall–Kier alpha value is -1.95. The molecule has 2 aromatic heterocycles. The third-order valence-electron chi connectivity index (χ3n) is 3.70. The molecule has 0 radical (unpaired) electrons. The van der Waals surface area contributed by atoms with Crippen molar-refractivity contribution < 1.29 is 9.90 Å². The number of rotatable bonds is 4. The lowest BCUT2D eigenvalue weighted by atomic mass is 9.99. The minimum atomic E-state index is -1.12. The van der Waals surface area contributed by atoms with Crippen molar-refractivity contribution in [3.63, 3.8) is 0 Å². The molecular formula is C17H15ClN2O2S. The normalized spacial score (nSPS) is 13.7. The van der Waals surface area contributed by atoms with E-state index in [1.165, 1.54) is 11.3 Å². The smallest absolute Gasteiger partial charge is 0.253 e. The molecule has 2 N–H and O–H groups in total. The van der Waals surface area contributed by atoms with E-state index in [9.17, 15) is 9.90 Å². The standard InChI is InChI=1S/C17H15ClN2O2S/c1-17(22,11-6-8-23-9-11)10-20-16(21)13-4-5-14(18)12-3-2-7-19-15(12)13/h2-9,22H,10H2,1H3,(H,20,21). The number of halogens is 1. The highest BCUT2D eigenvalue weighted by Crippen LogP contribution is 2.25.